The second-order valence-corrected chi connectivity index (χ2v) is 7.99. The van der Waals surface area contributed by atoms with Gasteiger partial charge in [-0.3, -0.25) is 0 Å². The van der Waals surface area contributed by atoms with E-state index >= 15 is 0 Å². The fraction of sp³-hybridized carbons (Fsp3) is 0.480. The van der Waals surface area contributed by atoms with E-state index in [1.54, 1.807) is 0 Å². The lowest BCUT2D eigenvalue weighted by molar-refractivity contribution is 0.222. The molecule has 1 saturated heterocycles. The van der Waals surface area contributed by atoms with E-state index in [0.717, 1.165) is 18.7 Å². The molecule has 1 atom stereocenters. The summed E-state index contributed by atoms with van der Waals surface area (Å²) in [4.78, 5) is 2.64. The van der Waals surface area contributed by atoms with Crippen molar-refractivity contribution in [3.63, 3.8) is 0 Å². The molecular weight excluding hydrogens is 328 g/mol. The van der Waals surface area contributed by atoms with Crippen LogP contribution >= 0.6 is 0 Å². The Morgan fingerprint density at radius 1 is 0.889 bits per heavy atom. The van der Waals surface area contributed by atoms with Crippen molar-refractivity contribution >= 4 is 5.71 Å². The number of rotatable bonds is 7. The topological polar surface area (TPSA) is 27.1 Å². The van der Waals surface area contributed by atoms with Crippen LogP contribution < -0.4 is 0 Å². The first-order chi connectivity index (χ1) is 13.2. The molecule has 2 heteroatoms. The maximum absolute atomic E-state index is 9.09. The maximum Gasteiger partial charge on any atom is 0.0615 e. The SMILES string of the molecule is CCC(=N)C(c1ccccc1)(c1ccccc1)C(C)CN1CCCCCC1. The van der Waals surface area contributed by atoms with Crippen molar-refractivity contribution in [1.29, 1.82) is 5.41 Å². The van der Waals surface area contributed by atoms with E-state index in [0.29, 0.717) is 5.92 Å². The highest BCUT2D eigenvalue weighted by Crippen LogP contribution is 2.42. The summed E-state index contributed by atoms with van der Waals surface area (Å²) in [6, 6.07) is 21.5. The van der Waals surface area contributed by atoms with Crippen LogP contribution in [0.4, 0.5) is 0 Å². The molecule has 1 unspecified atom stereocenters. The van der Waals surface area contributed by atoms with Crippen LogP contribution in [0.3, 0.4) is 0 Å². The summed E-state index contributed by atoms with van der Waals surface area (Å²) in [5, 5.41) is 9.09. The van der Waals surface area contributed by atoms with Crippen LogP contribution in [-0.2, 0) is 5.41 Å². The summed E-state index contributed by atoms with van der Waals surface area (Å²) < 4.78 is 0. The Balaban J connectivity index is 2.06. The van der Waals surface area contributed by atoms with Crippen molar-refractivity contribution in [2.45, 2.75) is 51.4 Å². The largest absolute Gasteiger partial charge is 0.308 e. The van der Waals surface area contributed by atoms with Crippen LogP contribution in [0.15, 0.2) is 60.7 Å². The molecule has 0 aliphatic carbocycles. The zero-order chi connectivity index (χ0) is 19.1. The van der Waals surface area contributed by atoms with Gasteiger partial charge in [-0.2, -0.15) is 0 Å². The van der Waals surface area contributed by atoms with Gasteiger partial charge in [-0.25, -0.2) is 0 Å². The summed E-state index contributed by atoms with van der Waals surface area (Å²) in [7, 11) is 0. The zero-order valence-electron chi connectivity index (χ0n) is 17.0. The standard InChI is InChI=1S/C25H34N2/c1-3-24(26)25(22-14-8-6-9-15-22,23-16-10-7-11-17-23)21(2)20-27-18-12-4-5-13-19-27/h6-11,14-17,21,26H,3-5,12-13,18-20H2,1-2H3. The summed E-state index contributed by atoms with van der Waals surface area (Å²) in [5.74, 6) is 0.341. The average Bonchev–Trinajstić information content (AvgIpc) is 2.98. The molecule has 0 amide bonds. The molecule has 1 N–H and O–H groups in total. The quantitative estimate of drug-likeness (QED) is 0.609. The molecule has 144 valence electrons. The van der Waals surface area contributed by atoms with E-state index in [1.807, 2.05) is 0 Å². The average molecular weight is 363 g/mol. The van der Waals surface area contributed by atoms with Crippen LogP contribution in [0.1, 0.15) is 57.1 Å². The number of nitrogens with one attached hydrogen (secondary N) is 1. The van der Waals surface area contributed by atoms with Crippen molar-refractivity contribution in [3.05, 3.63) is 71.8 Å². The van der Waals surface area contributed by atoms with Gasteiger partial charge in [0.2, 0.25) is 0 Å². The lowest BCUT2D eigenvalue weighted by Crippen LogP contribution is -2.47. The summed E-state index contributed by atoms with van der Waals surface area (Å²) in [6.45, 7) is 7.93. The number of benzene rings is 2. The Bertz CT molecular complexity index is 660. The van der Waals surface area contributed by atoms with Gasteiger partial charge >= 0.3 is 0 Å². The second kappa shape index (κ2) is 9.32. The van der Waals surface area contributed by atoms with Gasteiger partial charge in [0, 0.05) is 12.3 Å². The fourth-order valence-electron chi connectivity index (χ4n) is 4.91. The van der Waals surface area contributed by atoms with Crippen LogP contribution in [0.25, 0.3) is 0 Å². The fourth-order valence-corrected chi connectivity index (χ4v) is 4.91. The maximum atomic E-state index is 9.09. The Labute approximate surface area is 165 Å². The number of nitrogens with zero attached hydrogens (tertiary/aromatic N) is 1. The smallest absolute Gasteiger partial charge is 0.0615 e. The second-order valence-electron chi connectivity index (χ2n) is 7.99. The minimum Gasteiger partial charge on any atom is -0.308 e. The van der Waals surface area contributed by atoms with E-state index in [4.69, 9.17) is 5.41 Å². The van der Waals surface area contributed by atoms with Crippen molar-refractivity contribution in [3.8, 4) is 0 Å². The molecule has 0 radical (unpaired) electrons. The highest BCUT2D eigenvalue weighted by Gasteiger charge is 2.43. The highest BCUT2D eigenvalue weighted by molar-refractivity contribution is 5.96. The first-order valence-corrected chi connectivity index (χ1v) is 10.6. The van der Waals surface area contributed by atoms with Crippen molar-refractivity contribution in [2.24, 2.45) is 5.92 Å². The van der Waals surface area contributed by atoms with Gasteiger partial charge in [0.15, 0.2) is 0 Å². The van der Waals surface area contributed by atoms with Crippen LogP contribution in [-0.4, -0.2) is 30.2 Å². The monoisotopic (exact) mass is 362 g/mol. The molecule has 2 nitrogen and oxygen atoms in total. The third-order valence-corrected chi connectivity index (χ3v) is 6.26. The molecule has 3 rings (SSSR count). The van der Waals surface area contributed by atoms with E-state index in [-0.39, 0.29) is 5.41 Å². The van der Waals surface area contributed by atoms with E-state index in [1.165, 1.54) is 49.9 Å². The Morgan fingerprint density at radius 3 is 1.81 bits per heavy atom. The Kier molecular flexibility index (Phi) is 6.84. The Morgan fingerprint density at radius 2 is 1.37 bits per heavy atom. The minimum absolute atomic E-state index is 0.341. The molecule has 1 fully saturated rings. The number of hydrogen-bond acceptors (Lipinski definition) is 2. The third kappa shape index (κ3) is 4.16. The van der Waals surface area contributed by atoms with Crippen LogP contribution in [0.2, 0.25) is 0 Å². The molecule has 1 aliphatic rings. The first kappa shape index (κ1) is 19.8. The normalized spacial score (nSPS) is 17.3. The van der Waals surface area contributed by atoms with Gasteiger partial charge in [0.1, 0.15) is 0 Å². The third-order valence-electron chi connectivity index (χ3n) is 6.26. The molecule has 1 heterocycles. The van der Waals surface area contributed by atoms with Gasteiger partial charge in [0.25, 0.3) is 0 Å². The van der Waals surface area contributed by atoms with E-state index < -0.39 is 0 Å². The molecule has 1 aliphatic heterocycles. The van der Waals surface area contributed by atoms with Crippen LogP contribution in [0, 0.1) is 11.3 Å². The van der Waals surface area contributed by atoms with Crippen molar-refractivity contribution in [1.82, 2.24) is 4.90 Å². The van der Waals surface area contributed by atoms with Crippen LogP contribution in [0.5, 0.6) is 0 Å². The zero-order valence-corrected chi connectivity index (χ0v) is 17.0. The lowest BCUT2D eigenvalue weighted by atomic mass is 9.62. The summed E-state index contributed by atoms with van der Waals surface area (Å²) >= 11 is 0. The summed E-state index contributed by atoms with van der Waals surface area (Å²) in [5.41, 5.74) is 2.97. The molecule has 2 aromatic carbocycles. The minimum atomic E-state index is -0.358. The predicted octanol–water partition coefficient (Wildman–Crippen LogP) is 5.91. The van der Waals surface area contributed by atoms with E-state index in [2.05, 4.69) is 79.4 Å². The van der Waals surface area contributed by atoms with E-state index in [9.17, 15) is 0 Å². The van der Waals surface area contributed by atoms with Crippen molar-refractivity contribution in [2.75, 3.05) is 19.6 Å². The number of hydrogen-bond donors (Lipinski definition) is 1. The number of likely N-dealkylation sites (tertiary alicyclic amines) is 1. The Hall–Kier alpha value is -1.93. The molecule has 0 aromatic heterocycles. The lowest BCUT2D eigenvalue weighted by Gasteiger charge is -2.43. The van der Waals surface area contributed by atoms with Gasteiger partial charge in [-0.05, 0) is 49.4 Å². The molecular formula is C25H34N2. The van der Waals surface area contributed by atoms with Gasteiger partial charge in [-0.1, -0.05) is 87.4 Å². The van der Waals surface area contributed by atoms with Gasteiger partial charge in [-0.15, -0.1) is 0 Å². The molecule has 27 heavy (non-hydrogen) atoms. The van der Waals surface area contributed by atoms with Gasteiger partial charge in [0.05, 0.1) is 5.41 Å². The summed E-state index contributed by atoms with van der Waals surface area (Å²) in [6.07, 6.45) is 6.10. The van der Waals surface area contributed by atoms with Crippen molar-refractivity contribution < 1.29 is 0 Å². The highest BCUT2D eigenvalue weighted by atomic mass is 15.1. The molecule has 0 bridgehead atoms. The molecule has 0 spiro atoms. The first-order valence-electron chi connectivity index (χ1n) is 10.6. The molecule has 0 saturated carbocycles. The predicted molar refractivity (Wildman–Crippen MR) is 116 cm³/mol. The van der Waals surface area contributed by atoms with Gasteiger partial charge < -0.3 is 10.3 Å². The molecule has 2 aromatic rings.